The Morgan fingerprint density at radius 2 is 0.956 bits per heavy atom. The van der Waals surface area contributed by atoms with Gasteiger partial charge in [0.05, 0.1) is 11.0 Å². The van der Waals surface area contributed by atoms with Crippen molar-refractivity contribution in [3.05, 3.63) is 170 Å². The topological polar surface area (TPSA) is 34.0 Å². The Balaban J connectivity index is 0.00000325. The molecular weight excluding hydrogens is 732 g/mol. The smallest absolute Gasteiger partial charge is 0.309 e. The first-order chi connectivity index (χ1) is 21.8. The van der Waals surface area contributed by atoms with Crippen LogP contribution in [-0.4, -0.2) is 14.5 Å². The quantitative estimate of drug-likeness (QED) is 0.159. The van der Waals surface area contributed by atoms with Crippen LogP contribution in [0.1, 0.15) is 0 Å². The number of fused-ring (bicyclic) bond motifs is 3. The van der Waals surface area contributed by atoms with Crippen molar-refractivity contribution in [2.24, 2.45) is 0 Å². The first kappa shape index (κ1) is 28.5. The van der Waals surface area contributed by atoms with Gasteiger partial charge in [-0.3, -0.25) is 14.9 Å². The van der Waals surface area contributed by atoms with Crippen LogP contribution in [0.4, 0.5) is 17.3 Å². The third-order valence-corrected chi connectivity index (χ3v) is 7.84. The molecule has 0 N–H and O–H groups in total. The van der Waals surface area contributed by atoms with Gasteiger partial charge in [-0.25, -0.2) is 0 Å². The molecule has 8 rings (SSSR count). The summed E-state index contributed by atoms with van der Waals surface area (Å²) < 4.78 is 2.33. The number of nitrogens with zero attached hydrogens (tertiary/aromatic N) is 4. The molecule has 5 heteroatoms. The normalized spacial score (nSPS) is 10.9. The number of benzene rings is 5. The van der Waals surface area contributed by atoms with Gasteiger partial charge in [0.25, 0.3) is 0 Å². The molecule has 0 fully saturated rings. The van der Waals surface area contributed by atoms with E-state index in [4.69, 9.17) is 9.97 Å². The van der Waals surface area contributed by atoms with Crippen LogP contribution in [0.2, 0.25) is 0 Å². The number of pyridine rings is 2. The van der Waals surface area contributed by atoms with E-state index in [2.05, 4.69) is 94.4 Å². The molecule has 0 saturated carbocycles. The molecule has 3 heterocycles. The number of para-hydroxylation sites is 2. The summed E-state index contributed by atoms with van der Waals surface area (Å²) in [6, 6.07) is 60.4. The van der Waals surface area contributed by atoms with Gasteiger partial charge < -0.3 is 4.57 Å². The van der Waals surface area contributed by atoms with Gasteiger partial charge >= 0.3 is 21.1 Å². The van der Waals surface area contributed by atoms with Crippen molar-refractivity contribution >= 4 is 39.1 Å². The Kier molecular flexibility index (Phi) is 7.81. The Hall–Kier alpha value is -5.31. The Bertz CT molecular complexity index is 2090. The molecule has 216 valence electrons. The molecule has 3 aromatic heterocycles. The van der Waals surface area contributed by atoms with Gasteiger partial charge in [-0.1, -0.05) is 60.7 Å². The minimum atomic E-state index is 0. The van der Waals surface area contributed by atoms with Gasteiger partial charge in [0.2, 0.25) is 0 Å². The molecule has 0 aliphatic heterocycles. The SMILES string of the molecule is [Pt+2].[c-]1ccccc1-c1cccc(N(c2ccc(-n3c4ccccc4c4ccccc43)cc2)c2cccc(-c3[c-]cccc3)n2)n1. The zero-order valence-corrected chi connectivity index (χ0v) is 26.4. The fourth-order valence-electron chi connectivity index (χ4n) is 5.83. The predicted octanol–water partition coefficient (Wildman–Crippen LogP) is 9.98. The second-order valence-electron chi connectivity index (χ2n) is 10.5. The maximum atomic E-state index is 5.09. The van der Waals surface area contributed by atoms with Crippen molar-refractivity contribution in [2.45, 2.75) is 0 Å². The number of rotatable bonds is 6. The summed E-state index contributed by atoms with van der Waals surface area (Å²) in [6.45, 7) is 0. The summed E-state index contributed by atoms with van der Waals surface area (Å²) in [7, 11) is 0. The van der Waals surface area contributed by atoms with Crippen molar-refractivity contribution < 1.29 is 21.1 Å². The van der Waals surface area contributed by atoms with E-state index in [0.29, 0.717) is 0 Å². The van der Waals surface area contributed by atoms with Crippen LogP contribution >= 0.6 is 0 Å². The molecule has 0 amide bonds. The molecule has 0 radical (unpaired) electrons. The third kappa shape index (κ3) is 5.35. The van der Waals surface area contributed by atoms with Gasteiger partial charge in [0.15, 0.2) is 0 Å². The summed E-state index contributed by atoms with van der Waals surface area (Å²) in [5, 5.41) is 2.48. The maximum absolute atomic E-state index is 5.09. The molecule has 0 atom stereocenters. The Morgan fingerprint density at radius 1 is 0.467 bits per heavy atom. The van der Waals surface area contributed by atoms with Crippen molar-refractivity contribution in [1.29, 1.82) is 0 Å². The van der Waals surface area contributed by atoms with Gasteiger partial charge in [0.1, 0.15) is 11.6 Å². The average molecular weight is 758 g/mol. The van der Waals surface area contributed by atoms with Crippen LogP contribution in [0.5, 0.6) is 0 Å². The summed E-state index contributed by atoms with van der Waals surface area (Å²) in [5.41, 5.74) is 7.99. The van der Waals surface area contributed by atoms with Crippen LogP contribution < -0.4 is 4.90 Å². The molecule has 5 aromatic carbocycles. The average Bonchev–Trinajstić information content (AvgIpc) is 3.44. The minimum absolute atomic E-state index is 0. The van der Waals surface area contributed by atoms with Crippen LogP contribution in [0.25, 0.3) is 50.0 Å². The molecule has 4 nitrogen and oxygen atoms in total. The monoisotopic (exact) mass is 757 g/mol. The number of hydrogen-bond donors (Lipinski definition) is 0. The van der Waals surface area contributed by atoms with E-state index >= 15 is 0 Å². The fraction of sp³-hybridized carbons (Fsp3) is 0. The van der Waals surface area contributed by atoms with E-state index in [9.17, 15) is 0 Å². The van der Waals surface area contributed by atoms with Crippen molar-refractivity contribution in [2.75, 3.05) is 4.90 Å². The van der Waals surface area contributed by atoms with Gasteiger partial charge in [0, 0.05) is 22.1 Å². The zero-order chi connectivity index (χ0) is 29.3. The molecule has 0 spiro atoms. The van der Waals surface area contributed by atoms with Crippen molar-refractivity contribution in [3.8, 4) is 28.2 Å². The third-order valence-electron chi connectivity index (χ3n) is 7.84. The van der Waals surface area contributed by atoms with E-state index in [1.165, 1.54) is 21.8 Å². The zero-order valence-electron chi connectivity index (χ0n) is 24.1. The molecule has 0 aliphatic carbocycles. The molecule has 0 saturated heterocycles. The number of hydrogen-bond acceptors (Lipinski definition) is 3. The Labute approximate surface area is 276 Å². The molecule has 45 heavy (non-hydrogen) atoms. The molecule has 0 unspecified atom stereocenters. The van der Waals surface area contributed by atoms with Gasteiger partial charge in [-0.05, 0) is 59.9 Å². The molecule has 8 aromatic rings. The maximum Gasteiger partial charge on any atom is 2.00 e. The Morgan fingerprint density at radius 3 is 1.44 bits per heavy atom. The predicted molar refractivity (Wildman–Crippen MR) is 180 cm³/mol. The van der Waals surface area contributed by atoms with Crippen LogP contribution in [0.3, 0.4) is 0 Å². The summed E-state index contributed by atoms with van der Waals surface area (Å²) in [6.07, 6.45) is 0. The van der Waals surface area contributed by atoms with E-state index in [-0.39, 0.29) is 21.1 Å². The van der Waals surface area contributed by atoms with Crippen LogP contribution in [0, 0.1) is 12.1 Å². The first-order valence-electron chi connectivity index (χ1n) is 14.6. The standard InChI is InChI=1S/C40H26N4.Pt/c1-3-13-29(14-4-1)35-19-11-23-39(41-35)44(40-24-12-20-36(42-40)30-15-5-2-6-16-30)32-27-25-31(26-28-32)43-37-21-9-7-17-33(37)34-18-8-10-22-38(34)43;/h1-13,15,17-28H;/q-2;+2. The molecule has 0 aliphatic rings. The first-order valence-corrected chi connectivity index (χ1v) is 14.6. The van der Waals surface area contributed by atoms with E-state index in [1.54, 1.807) is 0 Å². The summed E-state index contributed by atoms with van der Waals surface area (Å²) in [4.78, 5) is 12.3. The van der Waals surface area contributed by atoms with E-state index in [1.807, 2.05) is 84.9 Å². The van der Waals surface area contributed by atoms with Gasteiger partial charge in [-0.15, -0.1) is 71.8 Å². The molecule has 0 bridgehead atoms. The largest absolute Gasteiger partial charge is 2.00 e. The summed E-state index contributed by atoms with van der Waals surface area (Å²) >= 11 is 0. The van der Waals surface area contributed by atoms with Gasteiger partial charge in [-0.2, -0.15) is 0 Å². The second kappa shape index (κ2) is 12.4. The number of anilines is 3. The minimum Gasteiger partial charge on any atom is -0.309 e. The van der Waals surface area contributed by atoms with E-state index < -0.39 is 0 Å². The van der Waals surface area contributed by atoms with Crippen molar-refractivity contribution in [3.63, 3.8) is 0 Å². The van der Waals surface area contributed by atoms with Crippen molar-refractivity contribution in [1.82, 2.24) is 14.5 Å². The fourth-order valence-corrected chi connectivity index (χ4v) is 5.83. The number of aromatic nitrogens is 3. The second-order valence-corrected chi connectivity index (χ2v) is 10.5. The molecular formula is C40H26N4Pt. The van der Waals surface area contributed by atoms with Crippen LogP contribution in [-0.2, 0) is 21.1 Å². The van der Waals surface area contributed by atoms with E-state index in [0.717, 1.165) is 45.5 Å². The van der Waals surface area contributed by atoms with Crippen LogP contribution in [0.15, 0.2) is 158 Å². The summed E-state index contributed by atoms with van der Waals surface area (Å²) in [5.74, 6) is 1.54.